The number of carbonyl (C=O) groups excluding carboxylic acids is 1. The number of rotatable bonds is 4. The Kier molecular flexibility index (Phi) is 6.26. The van der Waals surface area contributed by atoms with Gasteiger partial charge in [0.2, 0.25) is 0 Å². The van der Waals surface area contributed by atoms with Crippen molar-refractivity contribution in [3.8, 4) is 11.8 Å². The third kappa shape index (κ3) is 5.22. The van der Waals surface area contributed by atoms with E-state index in [4.69, 9.17) is 9.84 Å². The molecule has 112 valence electrons. The molecule has 0 aliphatic carbocycles. The van der Waals surface area contributed by atoms with E-state index in [9.17, 15) is 4.79 Å². The van der Waals surface area contributed by atoms with E-state index in [1.807, 2.05) is 12.1 Å². The van der Waals surface area contributed by atoms with Crippen molar-refractivity contribution < 1.29 is 14.6 Å². The van der Waals surface area contributed by atoms with Gasteiger partial charge in [0, 0.05) is 30.7 Å². The van der Waals surface area contributed by atoms with Gasteiger partial charge in [-0.15, -0.1) is 0 Å². The zero-order valence-electron chi connectivity index (χ0n) is 12.1. The average Bonchev–Trinajstić information content (AvgIpc) is 2.54. The molecule has 0 aromatic heterocycles. The SMILES string of the molecule is O=C(NCC1CCCOC1)c1ccc(C#CCCO)cc1. The molecular formula is C17H21NO3. The van der Waals surface area contributed by atoms with Gasteiger partial charge in [-0.25, -0.2) is 0 Å². The molecule has 1 aliphatic rings. The molecule has 1 aromatic rings. The molecule has 4 nitrogen and oxygen atoms in total. The Bertz CT molecular complexity index is 507. The number of carbonyl (C=O) groups is 1. The normalized spacial score (nSPS) is 17.7. The maximum atomic E-state index is 12.0. The van der Waals surface area contributed by atoms with Crippen LogP contribution < -0.4 is 5.32 Å². The van der Waals surface area contributed by atoms with Crippen molar-refractivity contribution in [2.45, 2.75) is 19.3 Å². The van der Waals surface area contributed by atoms with Gasteiger partial charge in [0.25, 0.3) is 5.91 Å². The Hall–Kier alpha value is -1.83. The van der Waals surface area contributed by atoms with Crippen LogP contribution in [0.5, 0.6) is 0 Å². The number of hydrogen-bond donors (Lipinski definition) is 2. The zero-order valence-corrected chi connectivity index (χ0v) is 12.1. The van der Waals surface area contributed by atoms with Gasteiger partial charge in [-0.3, -0.25) is 4.79 Å². The number of hydrogen-bond acceptors (Lipinski definition) is 3. The van der Waals surface area contributed by atoms with Crippen LogP contribution >= 0.6 is 0 Å². The van der Waals surface area contributed by atoms with E-state index < -0.39 is 0 Å². The summed E-state index contributed by atoms with van der Waals surface area (Å²) in [6.45, 7) is 2.30. The van der Waals surface area contributed by atoms with Crippen LogP contribution in [0.2, 0.25) is 0 Å². The zero-order chi connectivity index (χ0) is 14.9. The summed E-state index contributed by atoms with van der Waals surface area (Å²) >= 11 is 0. The van der Waals surface area contributed by atoms with Crippen LogP contribution in [0.15, 0.2) is 24.3 Å². The summed E-state index contributed by atoms with van der Waals surface area (Å²) in [5, 5.41) is 11.6. The van der Waals surface area contributed by atoms with Crippen molar-refractivity contribution in [2.24, 2.45) is 5.92 Å². The van der Waals surface area contributed by atoms with Gasteiger partial charge in [0.1, 0.15) is 0 Å². The Morgan fingerprint density at radius 1 is 1.38 bits per heavy atom. The second-order valence-electron chi connectivity index (χ2n) is 5.15. The van der Waals surface area contributed by atoms with Gasteiger partial charge in [-0.2, -0.15) is 0 Å². The summed E-state index contributed by atoms with van der Waals surface area (Å²) in [5.41, 5.74) is 1.49. The summed E-state index contributed by atoms with van der Waals surface area (Å²) in [5.74, 6) is 6.15. The lowest BCUT2D eigenvalue weighted by molar-refractivity contribution is 0.0536. The van der Waals surface area contributed by atoms with Gasteiger partial charge in [0.05, 0.1) is 13.2 Å². The van der Waals surface area contributed by atoms with Gasteiger partial charge in [0.15, 0.2) is 0 Å². The van der Waals surface area contributed by atoms with Gasteiger partial charge in [-0.05, 0) is 43.0 Å². The number of nitrogens with one attached hydrogen (secondary N) is 1. The number of aliphatic hydroxyl groups excluding tert-OH is 1. The van der Waals surface area contributed by atoms with Crippen molar-refractivity contribution in [1.29, 1.82) is 0 Å². The largest absolute Gasteiger partial charge is 0.395 e. The molecule has 1 fully saturated rings. The van der Waals surface area contributed by atoms with Crippen LogP contribution in [-0.2, 0) is 4.74 Å². The Morgan fingerprint density at radius 3 is 2.86 bits per heavy atom. The molecule has 1 aliphatic heterocycles. The van der Waals surface area contributed by atoms with Crippen molar-refractivity contribution in [2.75, 3.05) is 26.4 Å². The second kappa shape index (κ2) is 8.46. The van der Waals surface area contributed by atoms with Crippen LogP contribution in [-0.4, -0.2) is 37.4 Å². The van der Waals surface area contributed by atoms with Gasteiger partial charge in [-0.1, -0.05) is 11.8 Å². The minimum atomic E-state index is -0.0598. The lowest BCUT2D eigenvalue weighted by Crippen LogP contribution is -2.33. The molecular weight excluding hydrogens is 266 g/mol. The van der Waals surface area contributed by atoms with Crippen molar-refractivity contribution in [3.63, 3.8) is 0 Å². The summed E-state index contributed by atoms with van der Waals surface area (Å²) in [6.07, 6.45) is 2.65. The summed E-state index contributed by atoms with van der Waals surface area (Å²) in [4.78, 5) is 12.0. The van der Waals surface area contributed by atoms with Crippen LogP contribution in [0.4, 0.5) is 0 Å². The number of aliphatic hydroxyl groups is 1. The number of ether oxygens (including phenoxy) is 1. The molecule has 4 heteroatoms. The maximum Gasteiger partial charge on any atom is 0.251 e. The molecule has 21 heavy (non-hydrogen) atoms. The quantitative estimate of drug-likeness (QED) is 0.827. The van der Waals surface area contributed by atoms with E-state index in [0.29, 0.717) is 24.4 Å². The van der Waals surface area contributed by atoms with Crippen LogP contribution in [0.25, 0.3) is 0 Å². The second-order valence-corrected chi connectivity index (χ2v) is 5.15. The van der Waals surface area contributed by atoms with E-state index in [1.54, 1.807) is 12.1 Å². The summed E-state index contributed by atoms with van der Waals surface area (Å²) < 4.78 is 5.40. The van der Waals surface area contributed by atoms with Crippen LogP contribution in [0.3, 0.4) is 0 Å². The molecule has 0 spiro atoms. The lowest BCUT2D eigenvalue weighted by atomic mass is 10.0. The van der Waals surface area contributed by atoms with Crippen LogP contribution in [0, 0.1) is 17.8 Å². The minimum Gasteiger partial charge on any atom is -0.395 e. The molecule has 1 unspecified atom stereocenters. The monoisotopic (exact) mass is 287 g/mol. The fraction of sp³-hybridized carbons (Fsp3) is 0.471. The predicted octanol–water partition coefficient (Wildman–Crippen LogP) is 1.58. The van der Waals surface area contributed by atoms with Crippen molar-refractivity contribution in [1.82, 2.24) is 5.32 Å². The summed E-state index contributed by atoms with van der Waals surface area (Å²) in [6, 6.07) is 7.19. The molecule has 1 aromatic carbocycles. The Morgan fingerprint density at radius 2 is 2.19 bits per heavy atom. The molecule has 1 heterocycles. The highest BCUT2D eigenvalue weighted by atomic mass is 16.5. The third-order valence-corrected chi connectivity index (χ3v) is 3.42. The van der Waals surface area contributed by atoms with Crippen molar-refractivity contribution in [3.05, 3.63) is 35.4 Å². The molecule has 0 bridgehead atoms. The standard InChI is InChI=1S/C17H21NO3/c19-10-2-1-4-14-6-8-16(9-7-14)17(20)18-12-15-5-3-11-21-13-15/h6-9,15,19H,2-3,5,10-13H2,(H,18,20). The highest BCUT2D eigenvalue weighted by Gasteiger charge is 2.15. The molecule has 1 amide bonds. The average molecular weight is 287 g/mol. The molecule has 0 saturated carbocycles. The smallest absolute Gasteiger partial charge is 0.251 e. The first-order valence-electron chi connectivity index (χ1n) is 7.35. The number of amides is 1. The fourth-order valence-corrected chi connectivity index (χ4v) is 2.23. The highest BCUT2D eigenvalue weighted by molar-refractivity contribution is 5.94. The summed E-state index contributed by atoms with van der Waals surface area (Å²) in [7, 11) is 0. The Labute approximate surface area is 125 Å². The fourth-order valence-electron chi connectivity index (χ4n) is 2.23. The first-order chi connectivity index (χ1) is 10.3. The third-order valence-electron chi connectivity index (χ3n) is 3.42. The van der Waals surface area contributed by atoms with Gasteiger partial charge < -0.3 is 15.2 Å². The maximum absolute atomic E-state index is 12.0. The van der Waals surface area contributed by atoms with Crippen molar-refractivity contribution >= 4 is 5.91 Å². The van der Waals surface area contributed by atoms with E-state index in [0.717, 1.165) is 31.6 Å². The molecule has 2 N–H and O–H groups in total. The topological polar surface area (TPSA) is 58.6 Å². The molecule has 1 saturated heterocycles. The van der Waals surface area contributed by atoms with E-state index in [-0.39, 0.29) is 12.5 Å². The van der Waals surface area contributed by atoms with E-state index >= 15 is 0 Å². The minimum absolute atomic E-state index is 0.0598. The van der Waals surface area contributed by atoms with E-state index in [1.165, 1.54) is 0 Å². The first-order valence-corrected chi connectivity index (χ1v) is 7.35. The van der Waals surface area contributed by atoms with Gasteiger partial charge >= 0.3 is 0 Å². The molecule has 2 rings (SSSR count). The first kappa shape index (κ1) is 15.6. The van der Waals surface area contributed by atoms with E-state index in [2.05, 4.69) is 17.2 Å². The molecule has 0 radical (unpaired) electrons. The molecule has 1 atom stereocenters. The highest BCUT2D eigenvalue weighted by Crippen LogP contribution is 2.12. The lowest BCUT2D eigenvalue weighted by Gasteiger charge is -2.22. The van der Waals surface area contributed by atoms with Crippen LogP contribution in [0.1, 0.15) is 35.2 Å². The predicted molar refractivity (Wildman–Crippen MR) is 80.9 cm³/mol. The Balaban J connectivity index is 1.83. The number of benzene rings is 1.